The Morgan fingerprint density at radius 3 is 2.41 bits per heavy atom. The van der Waals surface area contributed by atoms with Crippen LogP contribution in [0.3, 0.4) is 0 Å². The third-order valence-electron chi connectivity index (χ3n) is 5.25. The number of ether oxygens (including phenoxy) is 2. The van der Waals surface area contributed by atoms with Crippen molar-refractivity contribution in [3.63, 3.8) is 0 Å². The molecule has 32 heavy (non-hydrogen) atoms. The number of carboxylic acid groups (broad SMARTS) is 1. The Kier molecular flexibility index (Phi) is 6.87. The van der Waals surface area contributed by atoms with Gasteiger partial charge in [0, 0.05) is 24.8 Å². The molecule has 1 unspecified atom stereocenters. The zero-order chi connectivity index (χ0) is 22.3. The summed E-state index contributed by atoms with van der Waals surface area (Å²) >= 11 is 0. The monoisotopic (exact) mass is 430 g/mol. The molecule has 0 radical (unpaired) electrons. The Hall–Kier alpha value is -3.57. The molecule has 0 fully saturated rings. The summed E-state index contributed by atoms with van der Waals surface area (Å²) in [6.07, 6.45) is 0.149. The van der Waals surface area contributed by atoms with Crippen molar-refractivity contribution in [3.05, 3.63) is 101 Å². The van der Waals surface area contributed by atoms with Crippen molar-refractivity contribution in [1.29, 1.82) is 0 Å². The van der Waals surface area contributed by atoms with Crippen LogP contribution in [0.5, 0.6) is 5.75 Å². The summed E-state index contributed by atoms with van der Waals surface area (Å²) in [4.78, 5) is 11.3. The minimum atomic E-state index is -0.948. The smallest absolute Gasteiger partial charge is 0.333 e. The molecule has 0 saturated heterocycles. The third-order valence-corrected chi connectivity index (χ3v) is 5.25. The summed E-state index contributed by atoms with van der Waals surface area (Å²) in [5, 5.41) is 10.3. The molecule has 5 heteroatoms. The predicted molar refractivity (Wildman–Crippen MR) is 123 cm³/mol. The van der Waals surface area contributed by atoms with Crippen LogP contribution in [0, 0.1) is 0 Å². The lowest BCUT2D eigenvalue weighted by Crippen LogP contribution is -2.26. The molecule has 0 spiro atoms. The second-order valence-electron chi connectivity index (χ2n) is 7.67. The van der Waals surface area contributed by atoms with Crippen molar-refractivity contribution in [2.24, 2.45) is 0 Å². The first kappa shape index (κ1) is 21.7. The molecule has 1 aromatic heterocycles. The molecule has 0 saturated carbocycles. The zero-order valence-electron chi connectivity index (χ0n) is 18.0. The Morgan fingerprint density at radius 1 is 0.938 bits per heavy atom. The maximum Gasteiger partial charge on any atom is 0.333 e. The SMILES string of the molecule is CCOC(Cc1ccc2oc(Cc3ccc(OCc4ccccc4)cc3)cc2c1)C(=O)O. The van der Waals surface area contributed by atoms with E-state index in [2.05, 4.69) is 0 Å². The Bertz CT molecular complexity index is 1160. The number of furan rings is 1. The van der Waals surface area contributed by atoms with Crippen LogP contribution in [0.1, 0.15) is 29.4 Å². The van der Waals surface area contributed by atoms with Gasteiger partial charge in [0.2, 0.25) is 0 Å². The Balaban J connectivity index is 1.40. The van der Waals surface area contributed by atoms with Crippen LogP contribution in [0.4, 0.5) is 0 Å². The fraction of sp³-hybridized carbons (Fsp3) is 0.222. The van der Waals surface area contributed by atoms with Crippen LogP contribution >= 0.6 is 0 Å². The standard InChI is InChI=1S/C27H26O5/c1-2-30-26(27(28)29)16-21-10-13-25-22(14-21)17-24(32-25)15-19-8-11-23(12-9-19)31-18-20-6-4-3-5-7-20/h3-14,17,26H,2,15-16,18H2,1H3,(H,28,29). The largest absolute Gasteiger partial charge is 0.489 e. The molecule has 164 valence electrons. The second kappa shape index (κ2) is 10.2. The van der Waals surface area contributed by atoms with E-state index in [0.29, 0.717) is 26.1 Å². The lowest BCUT2D eigenvalue weighted by Gasteiger charge is -2.12. The average Bonchev–Trinajstić information content (AvgIpc) is 3.20. The van der Waals surface area contributed by atoms with Gasteiger partial charge in [-0.15, -0.1) is 0 Å². The lowest BCUT2D eigenvalue weighted by molar-refractivity contribution is -0.149. The Morgan fingerprint density at radius 2 is 1.69 bits per heavy atom. The molecular formula is C27H26O5. The van der Waals surface area contributed by atoms with Gasteiger partial charge in [0.05, 0.1) is 0 Å². The summed E-state index contributed by atoms with van der Waals surface area (Å²) in [6, 6.07) is 25.9. The van der Waals surface area contributed by atoms with Crippen LogP contribution in [0.2, 0.25) is 0 Å². The molecule has 1 heterocycles. The maximum atomic E-state index is 11.3. The molecule has 1 atom stereocenters. The molecular weight excluding hydrogens is 404 g/mol. The first-order valence-corrected chi connectivity index (χ1v) is 10.7. The summed E-state index contributed by atoms with van der Waals surface area (Å²) in [7, 11) is 0. The number of hydrogen-bond donors (Lipinski definition) is 1. The molecule has 0 aliphatic heterocycles. The van der Waals surface area contributed by atoms with Gasteiger partial charge in [0.15, 0.2) is 6.10 Å². The number of benzene rings is 3. The van der Waals surface area contributed by atoms with Crippen LogP contribution in [-0.2, 0) is 29.0 Å². The van der Waals surface area contributed by atoms with Gasteiger partial charge >= 0.3 is 5.97 Å². The van der Waals surface area contributed by atoms with E-state index in [1.54, 1.807) is 6.92 Å². The number of carbonyl (C=O) groups is 1. The van der Waals surface area contributed by atoms with Gasteiger partial charge in [-0.1, -0.05) is 48.5 Å². The van der Waals surface area contributed by atoms with Gasteiger partial charge in [-0.2, -0.15) is 0 Å². The van der Waals surface area contributed by atoms with E-state index in [4.69, 9.17) is 13.9 Å². The van der Waals surface area contributed by atoms with Gasteiger partial charge in [0.25, 0.3) is 0 Å². The number of aliphatic carboxylic acids is 1. The van der Waals surface area contributed by atoms with Gasteiger partial charge in [0.1, 0.15) is 23.7 Å². The number of hydrogen-bond acceptors (Lipinski definition) is 4. The van der Waals surface area contributed by atoms with Crippen molar-refractivity contribution in [1.82, 2.24) is 0 Å². The van der Waals surface area contributed by atoms with Gasteiger partial charge in [-0.05, 0) is 53.9 Å². The molecule has 0 amide bonds. The highest BCUT2D eigenvalue weighted by Gasteiger charge is 2.18. The van der Waals surface area contributed by atoms with E-state index < -0.39 is 12.1 Å². The Labute approximate surface area is 187 Å². The number of rotatable bonds is 10. The minimum absolute atomic E-state index is 0.323. The molecule has 3 aromatic carbocycles. The van der Waals surface area contributed by atoms with Crippen molar-refractivity contribution >= 4 is 16.9 Å². The van der Waals surface area contributed by atoms with E-state index in [1.807, 2.05) is 78.9 Å². The average molecular weight is 431 g/mol. The molecule has 0 bridgehead atoms. The van der Waals surface area contributed by atoms with Crippen molar-refractivity contribution in [2.75, 3.05) is 6.61 Å². The second-order valence-corrected chi connectivity index (χ2v) is 7.67. The fourth-order valence-corrected chi connectivity index (χ4v) is 3.64. The van der Waals surface area contributed by atoms with Crippen LogP contribution in [0.15, 0.2) is 83.3 Å². The highest BCUT2D eigenvalue weighted by Crippen LogP contribution is 2.24. The molecule has 4 aromatic rings. The van der Waals surface area contributed by atoms with Crippen LogP contribution < -0.4 is 4.74 Å². The molecule has 1 N–H and O–H groups in total. The zero-order valence-corrected chi connectivity index (χ0v) is 18.0. The fourth-order valence-electron chi connectivity index (χ4n) is 3.64. The molecule has 5 nitrogen and oxygen atoms in total. The van der Waals surface area contributed by atoms with Gasteiger partial charge < -0.3 is 19.0 Å². The van der Waals surface area contributed by atoms with E-state index in [0.717, 1.165) is 39.2 Å². The molecule has 4 rings (SSSR count). The van der Waals surface area contributed by atoms with Crippen molar-refractivity contribution < 1.29 is 23.8 Å². The molecule has 0 aliphatic carbocycles. The summed E-state index contributed by atoms with van der Waals surface area (Å²) in [6.45, 7) is 2.70. The lowest BCUT2D eigenvalue weighted by atomic mass is 10.1. The normalized spacial score (nSPS) is 12.0. The number of fused-ring (bicyclic) bond motifs is 1. The van der Waals surface area contributed by atoms with Crippen molar-refractivity contribution in [2.45, 2.75) is 32.5 Å². The topological polar surface area (TPSA) is 68.9 Å². The van der Waals surface area contributed by atoms with E-state index in [1.165, 1.54) is 0 Å². The molecule has 0 aliphatic rings. The first-order valence-electron chi connectivity index (χ1n) is 10.7. The summed E-state index contributed by atoms with van der Waals surface area (Å²) < 4.78 is 17.2. The maximum absolute atomic E-state index is 11.3. The summed E-state index contributed by atoms with van der Waals surface area (Å²) in [5.74, 6) is 0.736. The minimum Gasteiger partial charge on any atom is -0.489 e. The predicted octanol–water partition coefficient (Wildman–Crippen LogP) is 5.63. The van der Waals surface area contributed by atoms with Gasteiger partial charge in [-0.25, -0.2) is 4.79 Å². The highest BCUT2D eigenvalue weighted by molar-refractivity contribution is 5.79. The first-order chi connectivity index (χ1) is 15.6. The number of carboxylic acids is 1. The van der Waals surface area contributed by atoms with Crippen LogP contribution in [-0.4, -0.2) is 23.8 Å². The van der Waals surface area contributed by atoms with Crippen molar-refractivity contribution in [3.8, 4) is 5.75 Å². The van der Waals surface area contributed by atoms with E-state index in [9.17, 15) is 9.90 Å². The van der Waals surface area contributed by atoms with Gasteiger partial charge in [-0.3, -0.25) is 0 Å². The van der Waals surface area contributed by atoms with E-state index >= 15 is 0 Å². The van der Waals surface area contributed by atoms with Crippen LogP contribution in [0.25, 0.3) is 11.0 Å². The highest BCUT2D eigenvalue weighted by atomic mass is 16.5. The van der Waals surface area contributed by atoms with E-state index in [-0.39, 0.29) is 0 Å². The third kappa shape index (κ3) is 5.56. The summed E-state index contributed by atoms with van der Waals surface area (Å²) in [5.41, 5.74) is 3.95. The quantitative estimate of drug-likeness (QED) is 0.353.